The number of nitrogen functional groups attached to an aromatic ring is 1. The van der Waals surface area contributed by atoms with E-state index in [0.717, 1.165) is 0 Å². The molecule has 0 saturated heterocycles. The third-order valence-electron chi connectivity index (χ3n) is 3.52. The number of rotatable bonds is 10. The predicted octanol–water partition coefficient (Wildman–Crippen LogP) is 1.61. The van der Waals surface area contributed by atoms with E-state index in [1.165, 1.54) is 6.33 Å². The highest BCUT2D eigenvalue weighted by atomic mass is 31.1. The molecule has 0 saturated carbocycles. The van der Waals surface area contributed by atoms with Crippen LogP contribution >= 0.6 is 7.95 Å². The van der Waals surface area contributed by atoms with Crippen molar-refractivity contribution in [1.29, 1.82) is 0 Å². The number of ether oxygens (including phenoxy) is 2. The lowest BCUT2D eigenvalue weighted by Gasteiger charge is -2.13. The fourth-order valence-electron chi connectivity index (χ4n) is 2.23. The SMILES string of the molecule is C=C[C@H](Cn1cnc2c(N)ncnc21)OC[P+](=O)N[C@@H](C)C(=O)OC(C)C. The number of hydrogen-bond acceptors (Lipinski definition) is 8. The van der Waals surface area contributed by atoms with Crippen LogP contribution < -0.4 is 10.8 Å². The lowest BCUT2D eigenvalue weighted by molar-refractivity contribution is -0.148. The standard InChI is InChI=1S/C16H24N6O4P/c1-5-12(6-22-8-20-13-14(17)18-7-19-15(13)22)25-9-27(24)21-11(4)16(23)26-10(2)3/h5,7-8,10-12H,1,6,9H2,2-4H3,(H,21,24)(H2,17,18,19)/q+1/t11-,12+/m0/s1. The quantitative estimate of drug-likeness (QED) is 0.349. The van der Waals surface area contributed by atoms with Crippen molar-refractivity contribution < 1.29 is 18.8 Å². The molecule has 3 atom stereocenters. The van der Waals surface area contributed by atoms with E-state index in [9.17, 15) is 9.36 Å². The first-order valence-electron chi connectivity index (χ1n) is 8.38. The van der Waals surface area contributed by atoms with Crippen LogP contribution in [0.2, 0.25) is 0 Å². The topological polar surface area (TPSA) is 134 Å². The molecule has 0 bridgehead atoms. The molecule has 2 aromatic rings. The summed E-state index contributed by atoms with van der Waals surface area (Å²) in [6, 6.07) is -0.695. The van der Waals surface area contributed by atoms with Gasteiger partial charge >= 0.3 is 13.9 Å². The molecule has 0 aromatic carbocycles. The van der Waals surface area contributed by atoms with Gasteiger partial charge in [-0.15, -0.1) is 6.58 Å². The Kier molecular flexibility index (Phi) is 7.35. The van der Waals surface area contributed by atoms with Crippen molar-refractivity contribution in [3.05, 3.63) is 25.3 Å². The molecule has 0 radical (unpaired) electrons. The fourth-order valence-corrected chi connectivity index (χ4v) is 3.16. The number of carbonyl (C=O) groups is 1. The monoisotopic (exact) mass is 395 g/mol. The molecule has 0 fully saturated rings. The van der Waals surface area contributed by atoms with Crippen LogP contribution in [-0.2, 0) is 25.4 Å². The van der Waals surface area contributed by atoms with Crippen LogP contribution in [0.5, 0.6) is 0 Å². The number of anilines is 1. The minimum absolute atomic E-state index is 0.0882. The van der Waals surface area contributed by atoms with Gasteiger partial charge in [0.25, 0.3) is 6.35 Å². The van der Waals surface area contributed by atoms with Gasteiger partial charge in [-0.1, -0.05) is 11.2 Å². The lowest BCUT2D eigenvalue weighted by Crippen LogP contribution is -2.33. The first-order valence-corrected chi connectivity index (χ1v) is 9.83. The van der Waals surface area contributed by atoms with E-state index in [0.29, 0.717) is 23.5 Å². The van der Waals surface area contributed by atoms with Crippen LogP contribution in [0.15, 0.2) is 25.3 Å². The minimum Gasteiger partial charge on any atom is -0.462 e. The Labute approximate surface area is 158 Å². The molecule has 2 heterocycles. The van der Waals surface area contributed by atoms with Crippen LogP contribution in [-0.4, -0.2) is 50.1 Å². The number of nitrogens with two attached hydrogens (primary N) is 1. The second kappa shape index (κ2) is 9.50. The summed E-state index contributed by atoms with van der Waals surface area (Å²) in [5.74, 6) is -0.167. The maximum atomic E-state index is 12.1. The molecule has 0 spiro atoms. The maximum Gasteiger partial charge on any atom is 0.461 e. The number of fused-ring (bicyclic) bond motifs is 1. The largest absolute Gasteiger partial charge is 0.462 e. The molecule has 27 heavy (non-hydrogen) atoms. The van der Waals surface area contributed by atoms with Gasteiger partial charge in [0.2, 0.25) is 0 Å². The maximum absolute atomic E-state index is 12.1. The molecule has 1 unspecified atom stereocenters. The van der Waals surface area contributed by atoms with Gasteiger partial charge in [0.1, 0.15) is 17.9 Å². The smallest absolute Gasteiger partial charge is 0.461 e. The molecule has 146 valence electrons. The van der Waals surface area contributed by atoms with Gasteiger partial charge in [-0.05, 0) is 25.3 Å². The van der Waals surface area contributed by atoms with Crippen LogP contribution in [0, 0.1) is 0 Å². The van der Waals surface area contributed by atoms with Crippen molar-refractivity contribution in [3.63, 3.8) is 0 Å². The average molecular weight is 395 g/mol. The summed E-state index contributed by atoms with van der Waals surface area (Å²) in [4.78, 5) is 24.0. The minimum atomic E-state index is -1.96. The zero-order chi connectivity index (χ0) is 20.0. The summed E-state index contributed by atoms with van der Waals surface area (Å²) < 4.78 is 24.6. The van der Waals surface area contributed by atoms with Crippen molar-refractivity contribution in [3.8, 4) is 0 Å². The first-order chi connectivity index (χ1) is 12.8. The van der Waals surface area contributed by atoms with Crippen molar-refractivity contribution >= 4 is 30.9 Å². The fraction of sp³-hybridized carbons (Fsp3) is 0.500. The zero-order valence-corrected chi connectivity index (χ0v) is 16.4. The summed E-state index contributed by atoms with van der Waals surface area (Å²) in [5.41, 5.74) is 6.85. The third-order valence-corrected chi connectivity index (χ3v) is 4.58. The van der Waals surface area contributed by atoms with Crippen molar-refractivity contribution in [2.75, 3.05) is 12.1 Å². The number of carbonyl (C=O) groups excluding carboxylic acids is 1. The molecule has 0 amide bonds. The van der Waals surface area contributed by atoms with Crippen molar-refractivity contribution in [2.24, 2.45) is 0 Å². The number of esters is 1. The predicted molar refractivity (Wildman–Crippen MR) is 101 cm³/mol. The normalized spacial score (nSPS) is 14.1. The van der Waals surface area contributed by atoms with Gasteiger partial charge < -0.3 is 19.8 Å². The molecule has 11 heteroatoms. The highest BCUT2D eigenvalue weighted by Crippen LogP contribution is 2.19. The second-order valence-corrected chi connectivity index (χ2v) is 7.39. The summed E-state index contributed by atoms with van der Waals surface area (Å²) in [7, 11) is -1.96. The molecule has 0 aliphatic carbocycles. The summed E-state index contributed by atoms with van der Waals surface area (Å²) in [5, 5.41) is 2.68. The van der Waals surface area contributed by atoms with E-state index < -0.39 is 26.1 Å². The Morgan fingerprint density at radius 3 is 2.81 bits per heavy atom. The second-order valence-electron chi connectivity index (χ2n) is 6.11. The number of imidazole rings is 1. The molecule has 0 aliphatic heterocycles. The van der Waals surface area contributed by atoms with E-state index in [1.54, 1.807) is 37.7 Å². The highest BCUT2D eigenvalue weighted by Gasteiger charge is 2.27. The number of aromatic nitrogens is 4. The third kappa shape index (κ3) is 5.78. The van der Waals surface area contributed by atoms with E-state index in [-0.39, 0.29) is 12.5 Å². The number of nitrogens with zero attached hydrogens (tertiary/aromatic N) is 4. The van der Waals surface area contributed by atoms with E-state index in [2.05, 4.69) is 26.6 Å². The van der Waals surface area contributed by atoms with Crippen molar-refractivity contribution in [2.45, 2.75) is 45.6 Å². The average Bonchev–Trinajstić information content (AvgIpc) is 3.02. The van der Waals surface area contributed by atoms with Gasteiger partial charge in [-0.25, -0.2) is 15.0 Å². The number of hydrogen-bond donors (Lipinski definition) is 2. The Hall–Kier alpha value is -2.42. The Morgan fingerprint density at radius 1 is 1.41 bits per heavy atom. The van der Waals surface area contributed by atoms with Gasteiger partial charge in [-0.3, -0.25) is 4.79 Å². The molecular formula is C16H24N6O4P+. The molecular weight excluding hydrogens is 371 g/mol. The zero-order valence-electron chi connectivity index (χ0n) is 15.5. The molecule has 2 rings (SSSR count). The van der Waals surface area contributed by atoms with E-state index >= 15 is 0 Å². The summed E-state index contributed by atoms with van der Waals surface area (Å²) in [6.45, 7) is 9.19. The van der Waals surface area contributed by atoms with E-state index in [4.69, 9.17) is 15.2 Å². The Morgan fingerprint density at radius 2 is 2.15 bits per heavy atom. The van der Waals surface area contributed by atoms with Crippen LogP contribution in [0.4, 0.5) is 5.82 Å². The van der Waals surface area contributed by atoms with Crippen LogP contribution in [0.25, 0.3) is 11.2 Å². The van der Waals surface area contributed by atoms with Gasteiger partial charge in [-0.2, -0.15) is 0 Å². The van der Waals surface area contributed by atoms with Gasteiger partial charge in [0.15, 0.2) is 11.5 Å². The van der Waals surface area contributed by atoms with Gasteiger partial charge in [0.05, 0.1) is 25.1 Å². The van der Waals surface area contributed by atoms with Crippen LogP contribution in [0.1, 0.15) is 20.8 Å². The summed E-state index contributed by atoms with van der Waals surface area (Å²) >= 11 is 0. The Balaban J connectivity index is 1.89. The molecule has 3 N–H and O–H groups in total. The van der Waals surface area contributed by atoms with Crippen LogP contribution in [0.3, 0.4) is 0 Å². The van der Waals surface area contributed by atoms with Gasteiger partial charge in [0, 0.05) is 0 Å². The van der Waals surface area contributed by atoms with Crippen molar-refractivity contribution in [1.82, 2.24) is 24.6 Å². The highest BCUT2D eigenvalue weighted by molar-refractivity contribution is 7.42. The molecule has 2 aromatic heterocycles. The Bertz CT molecular complexity index is 824. The lowest BCUT2D eigenvalue weighted by atomic mass is 10.3. The molecule has 0 aliphatic rings. The first kappa shape index (κ1) is 20.9. The summed E-state index contributed by atoms with van der Waals surface area (Å²) in [6.07, 6.45) is 3.78. The van der Waals surface area contributed by atoms with E-state index in [1.807, 2.05) is 0 Å². The molecule has 10 nitrogen and oxygen atoms in total. The number of nitrogens with one attached hydrogen (secondary N) is 1.